The van der Waals surface area contributed by atoms with Crippen molar-refractivity contribution < 1.29 is 14.3 Å². The minimum atomic E-state index is -0.734. The van der Waals surface area contributed by atoms with Gasteiger partial charge in [0.15, 0.2) is 0 Å². The van der Waals surface area contributed by atoms with Gasteiger partial charge in [0, 0.05) is 11.1 Å². The lowest BCUT2D eigenvalue weighted by atomic mass is 10.1. The monoisotopic (exact) mass is 305 g/mol. The third kappa shape index (κ3) is 2.72. The second-order valence-corrected chi connectivity index (χ2v) is 5.51. The Morgan fingerprint density at radius 2 is 2.10 bits per heavy atom. The summed E-state index contributed by atoms with van der Waals surface area (Å²) in [5.41, 5.74) is 2.06. The van der Waals surface area contributed by atoms with Crippen LogP contribution in [0.5, 0.6) is 5.75 Å². The smallest absolute Gasteiger partial charge is 0.254 e. The van der Waals surface area contributed by atoms with Crippen molar-refractivity contribution in [2.24, 2.45) is 0 Å². The van der Waals surface area contributed by atoms with Crippen LogP contribution in [-0.2, 0) is 6.42 Å². The number of aryl methyl sites for hydroxylation is 1. The summed E-state index contributed by atoms with van der Waals surface area (Å²) in [6, 6.07) is 8.92. The number of aromatic hydroxyl groups is 1. The van der Waals surface area contributed by atoms with Crippen LogP contribution in [-0.4, -0.2) is 11.0 Å². The van der Waals surface area contributed by atoms with Crippen LogP contribution < -0.4 is 5.32 Å². The van der Waals surface area contributed by atoms with Crippen molar-refractivity contribution in [1.29, 1.82) is 0 Å². The number of halogens is 2. The van der Waals surface area contributed by atoms with Crippen LogP contribution in [0.4, 0.5) is 4.39 Å². The molecular formula is C16H13ClFNO2. The molecule has 0 spiro atoms. The highest BCUT2D eigenvalue weighted by atomic mass is 35.5. The highest BCUT2D eigenvalue weighted by molar-refractivity contribution is 6.30. The van der Waals surface area contributed by atoms with E-state index in [2.05, 4.69) is 5.32 Å². The first kappa shape index (κ1) is 13.9. The number of fused-ring (bicyclic) bond motifs is 1. The molecule has 1 atom stereocenters. The quantitative estimate of drug-likeness (QED) is 0.890. The van der Waals surface area contributed by atoms with E-state index in [0.717, 1.165) is 30.0 Å². The molecule has 108 valence electrons. The fraction of sp³-hybridized carbons (Fsp3) is 0.188. The van der Waals surface area contributed by atoms with Crippen LogP contribution in [0.1, 0.15) is 33.9 Å². The van der Waals surface area contributed by atoms with Gasteiger partial charge in [0.05, 0.1) is 11.6 Å². The molecule has 0 saturated carbocycles. The van der Waals surface area contributed by atoms with E-state index in [9.17, 15) is 14.3 Å². The molecule has 1 aliphatic carbocycles. The molecule has 0 heterocycles. The number of benzene rings is 2. The molecule has 0 aromatic heterocycles. The highest BCUT2D eigenvalue weighted by Gasteiger charge is 2.25. The number of phenolic OH excluding ortho intramolecular Hbond substituents is 1. The number of rotatable bonds is 2. The third-order valence-corrected chi connectivity index (χ3v) is 3.92. The van der Waals surface area contributed by atoms with E-state index >= 15 is 0 Å². The SMILES string of the molecule is O=C(NC1CCc2cc(Cl)ccc21)c1ccc(O)cc1F. The van der Waals surface area contributed by atoms with Crippen LogP contribution in [0.15, 0.2) is 36.4 Å². The fourth-order valence-corrected chi connectivity index (χ4v) is 2.85. The lowest BCUT2D eigenvalue weighted by Crippen LogP contribution is -2.27. The molecule has 0 saturated heterocycles. The van der Waals surface area contributed by atoms with Crippen molar-refractivity contribution in [2.75, 3.05) is 0 Å². The molecule has 2 N–H and O–H groups in total. The van der Waals surface area contributed by atoms with Crippen molar-refractivity contribution in [3.63, 3.8) is 0 Å². The standard InChI is InChI=1S/C16H13ClFNO2/c17-10-2-4-12-9(7-10)1-6-15(12)19-16(21)13-5-3-11(20)8-14(13)18/h2-5,7-8,15,20H,1,6H2,(H,19,21). The molecular weight excluding hydrogens is 293 g/mol. The van der Waals surface area contributed by atoms with Crippen molar-refractivity contribution in [1.82, 2.24) is 5.32 Å². The minimum absolute atomic E-state index is 0.0739. The predicted molar refractivity (Wildman–Crippen MR) is 78.0 cm³/mol. The summed E-state index contributed by atoms with van der Waals surface area (Å²) in [6.07, 6.45) is 1.60. The van der Waals surface area contributed by atoms with Gasteiger partial charge in [-0.05, 0) is 48.2 Å². The van der Waals surface area contributed by atoms with Crippen LogP contribution in [0.3, 0.4) is 0 Å². The Labute approximate surface area is 126 Å². The zero-order chi connectivity index (χ0) is 15.0. The maximum absolute atomic E-state index is 13.7. The average Bonchev–Trinajstić information content (AvgIpc) is 2.80. The Balaban J connectivity index is 1.81. The summed E-state index contributed by atoms with van der Waals surface area (Å²) < 4.78 is 13.7. The summed E-state index contributed by atoms with van der Waals surface area (Å²) in [7, 11) is 0. The lowest BCUT2D eigenvalue weighted by Gasteiger charge is -2.14. The minimum Gasteiger partial charge on any atom is -0.508 e. The molecule has 3 rings (SSSR count). The molecule has 5 heteroatoms. The summed E-state index contributed by atoms with van der Waals surface area (Å²) in [6.45, 7) is 0. The van der Waals surface area contributed by atoms with Crippen molar-refractivity contribution in [3.05, 3.63) is 63.9 Å². The molecule has 0 aliphatic heterocycles. The van der Waals surface area contributed by atoms with Crippen molar-refractivity contribution in [3.8, 4) is 5.75 Å². The first-order valence-electron chi connectivity index (χ1n) is 6.62. The van der Waals surface area contributed by atoms with E-state index < -0.39 is 11.7 Å². The zero-order valence-corrected chi connectivity index (χ0v) is 11.8. The Bertz CT molecular complexity index is 717. The Kier molecular flexibility index (Phi) is 3.55. The molecule has 21 heavy (non-hydrogen) atoms. The van der Waals surface area contributed by atoms with Crippen LogP contribution >= 0.6 is 11.6 Å². The molecule has 3 nitrogen and oxygen atoms in total. The van der Waals surface area contributed by atoms with E-state index in [1.807, 2.05) is 12.1 Å². The molecule has 0 fully saturated rings. The number of amides is 1. The van der Waals surface area contributed by atoms with Gasteiger partial charge in [-0.1, -0.05) is 17.7 Å². The summed E-state index contributed by atoms with van der Waals surface area (Å²) in [5.74, 6) is -1.42. The van der Waals surface area contributed by atoms with Gasteiger partial charge in [-0.3, -0.25) is 4.79 Å². The summed E-state index contributed by atoms with van der Waals surface area (Å²) >= 11 is 5.95. The van der Waals surface area contributed by atoms with E-state index in [-0.39, 0.29) is 17.4 Å². The first-order valence-corrected chi connectivity index (χ1v) is 7.00. The number of carbonyl (C=O) groups is 1. The summed E-state index contributed by atoms with van der Waals surface area (Å²) in [5, 5.41) is 12.7. The van der Waals surface area contributed by atoms with Gasteiger partial charge in [0.1, 0.15) is 11.6 Å². The maximum atomic E-state index is 13.7. The molecule has 1 amide bonds. The van der Waals surface area contributed by atoms with Crippen LogP contribution in [0, 0.1) is 5.82 Å². The molecule has 1 aliphatic rings. The molecule has 0 bridgehead atoms. The van der Waals surface area contributed by atoms with Gasteiger partial charge < -0.3 is 10.4 Å². The van der Waals surface area contributed by atoms with Gasteiger partial charge in [0.25, 0.3) is 5.91 Å². The average molecular weight is 306 g/mol. The normalized spacial score (nSPS) is 16.6. The number of nitrogens with one attached hydrogen (secondary N) is 1. The Hall–Kier alpha value is -2.07. The maximum Gasteiger partial charge on any atom is 0.254 e. The second kappa shape index (κ2) is 5.37. The third-order valence-electron chi connectivity index (χ3n) is 3.69. The largest absolute Gasteiger partial charge is 0.508 e. The Morgan fingerprint density at radius 1 is 1.29 bits per heavy atom. The van der Waals surface area contributed by atoms with E-state index in [0.29, 0.717) is 5.02 Å². The molecule has 2 aromatic carbocycles. The van der Waals surface area contributed by atoms with Gasteiger partial charge in [0.2, 0.25) is 0 Å². The predicted octanol–water partition coefficient (Wildman–Crippen LogP) is 3.60. The molecule has 1 unspecified atom stereocenters. The van der Waals surface area contributed by atoms with Gasteiger partial charge >= 0.3 is 0 Å². The van der Waals surface area contributed by atoms with Gasteiger partial charge in [-0.25, -0.2) is 4.39 Å². The van der Waals surface area contributed by atoms with E-state index in [4.69, 9.17) is 11.6 Å². The molecule has 0 radical (unpaired) electrons. The highest BCUT2D eigenvalue weighted by Crippen LogP contribution is 2.33. The lowest BCUT2D eigenvalue weighted by molar-refractivity contribution is 0.0932. The number of hydrogen-bond acceptors (Lipinski definition) is 2. The first-order chi connectivity index (χ1) is 10.0. The zero-order valence-electron chi connectivity index (χ0n) is 11.1. The number of hydrogen-bond donors (Lipinski definition) is 2. The van der Waals surface area contributed by atoms with Crippen molar-refractivity contribution >= 4 is 17.5 Å². The number of carbonyl (C=O) groups excluding carboxylic acids is 1. The Morgan fingerprint density at radius 3 is 2.86 bits per heavy atom. The summed E-state index contributed by atoms with van der Waals surface area (Å²) in [4.78, 5) is 12.2. The van der Waals surface area contributed by atoms with Gasteiger partial charge in [-0.15, -0.1) is 0 Å². The van der Waals surface area contributed by atoms with Crippen molar-refractivity contribution in [2.45, 2.75) is 18.9 Å². The molecule has 2 aromatic rings. The van der Waals surface area contributed by atoms with Gasteiger partial charge in [-0.2, -0.15) is 0 Å². The van der Waals surface area contributed by atoms with E-state index in [1.165, 1.54) is 12.1 Å². The second-order valence-electron chi connectivity index (χ2n) is 5.07. The van der Waals surface area contributed by atoms with E-state index in [1.54, 1.807) is 6.07 Å². The fourth-order valence-electron chi connectivity index (χ4n) is 2.66. The van der Waals surface area contributed by atoms with Crippen LogP contribution in [0.25, 0.3) is 0 Å². The van der Waals surface area contributed by atoms with Crippen LogP contribution in [0.2, 0.25) is 5.02 Å². The topological polar surface area (TPSA) is 49.3 Å². The number of phenols is 1.